The average molecular weight is 401 g/mol. The lowest BCUT2D eigenvalue weighted by Gasteiger charge is -2.35. The molecular weight excluding hydrogens is 372 g/mol. The third-order valence-corrected chi connectivity index (χ3v) is 5.84. The van der Waals surface area contributed by atoms with E-state index in [-0.39, 0.29) is 18.0 Å². The van der Waals surface area contributed by atoms with Gasteiger partial charge in [0.05, 0.1) is 6.54 Å². The molecule has 1 aliphatic rings. The highest BCUT2D eigenvalue weighted by Crippen LogP contribution is 2.16. The number of urea groups is 1. The number of thiophene rings is 1. The van der Waals surface area contributed by atoms with Crippen molar-refractivity contribution in [2.75, 3.05) is 31.5 Å². The van der Waals surface area contributed by atoms with Gasteiger partial charge in [-0.25, -0.2) is 4.79 Å². The van der Waals surface area contributed by atoms with E-state index in [1.165, 1.54) is 4.88 Å². The molecule has 7 heteroatoms. The third kappa shape index (κ3) is 6.65. The first kappa shape index (κ1) is 20.4. The van der Waals surface area contributed by atoms with Crippen LogP contribution in [0.5, 0.6) is 0 Å². The molecule has 1 saturated heterocycles. The Labute approximate surface area is 170 Å². The molecule has 1 aromatic heterocycles. The summed E-state index contributed by atoms with van der Waals surface area (Å²) >= 11 is 1.71. The van der Waals surface area contributed by atoms with Crippen molar-refractivity contribution in [2.24, 2.45) is 0 Å². The number of rotatable bonds is 8. The van der Waals surface area contributed by atoms with E-state index in [9.17, 15) is 9.59 Å². The van der Waals surface area contributed by atoms with Crippen LogP contribution in [0.15, 0.2) is 47.8 Å². The molecule has 6 nitrogen and oxygen atoms in total. The first-order valence-electron chi connectivity index (χ1n) is 9.84. The van der Waals surface area contributed by atoms with Crippen molar-refractivity contribution in [2.45, 2.75) is 31.7 Å². The summed E-state index contributed by atoms with van der Waals surface area (Å²) in [6.45, 7) is 2.48. The fourth-order valence-corrected chi connectivity index (χ4v) is 4.14. The summed E-state index contributed by atoms with van der Waals surface area (Å²) in [5, 5.41) is 10.8. The van der Waals surface area contributed by atoms with Crippen LogP contribution in [0.2, 0.25) is 0 Å². The zero-order valence-electron chi connectivity index (χ0n) is 16.0. The number of carbonyl (C=O) groups excluding carboxylic acids is 2. The lowest BCUT2D eigenvalue weighted by atomic mass is 10.0. The molecule has 0 spiro atoms. The van der Waals surface area contributed by atoms with E-state index in [1.807, 2.05) is 36.4 Å². The van der Waals surface area contributed by atoms with Gasteiger partial charge >= 0.3 is 6.03 Å². The third-order valence-electron chi connectivity index (χ3n) is 4.90. The van der Waals surface area contributed by atoms with Crippen molar-refractivity contribution in [1.82, 2.24) is 15.5 Å². The summed E-state index contributed by atoms with van der Waals surface area (Å²) in [4.78, 5) is 27.9. The van der Waals surface area contributed by atoms with Gasteiger partial charge in [0.1, 0.15) is 0 Å². The van der Waals surface area contributed by atoms with Gasteiger partial charge in [-0.05, 0) is 49.4 Å². The molecule has 150 valence electrons. The van der Waals surface area contributed by atoms with Gasteiger partial charge in [0.25, 0.3) is 0 Å². The molecule has 0 saturated carbocycles. The number of carbonyl (C=O) groups is 2. The van der Waals surface area contributed by atoms with Crippen molar-refractivity contribution >= 4 is 29.0 Å². The summed E-state index contributed by atoms with van der Waals surface area (Å²) in [5.41, 5.74) is 0.769. The number of amides is 3. The highest BCUT2D eigenvalue weighted by Gasteiger charge is 2.24. The Hall–Kier alpha value is -2.38. The van der Waals surface area contributed by atoms with Gasteiger partial charge in [-0.3, -0.25) is 9.69 Å². The number of nitrogens with zero attached hydrogens (tertiary/aromatic N) is 1. The Bertz CT molecular complexity index is 736. The minimum absolute atomic E-state index is 0.0530. The van der Waals surface area contributed by atoms with Crippen LogP contribution in [0.1, 0.15) is 24.1 Å². The summed E-state index contributed by atoms with van der Waals surface area (Å²) in [5.74, 6) is 0.0530. The van der Waals surface area contributed by atoms with Crippen LogP contribution < -0.4 is 16.0 Å². The van der Waals surface area contributed by atoms with E-state index >= 15 is 0 Å². The van der Waals surface area contributed by atoms with Gasteiger partial charge in [-0.15, -0.1) is 11.3 Å². The second-order valence-corrected chi connectivity index (χ2v) is 8.03. The summed E-state index contributed by atoms with van der Waals surface area (Å²) < 4.78 is 0. The maximum Gasteiger partial charge on any atom is 0.319 e. The lowest BCUT2D eigenvalue weighted by Crippen LogP contribution is -2.50. The molecule has 1 fully saturated rings. The van der Waals surface area contributed by atoms with Crippen LogP contribution in [0.3, 0.4) is 0 Å². The highest BCUT2D eigenvalue weighted by atomic mass is 32.1. The number of likely N-dealkylation sites (tertiary alicyclic amines) is 1. The molecule has 3 rings (SSSR count). The molecular formula is C21H28N4O2S. The van der Waals surface area contributed by atoms with Gasteiger partial charge in [0.2, 0.25) is 5.91 Å². The van der Waals surface area contributed by atoms with Gasteiger partial charge in [-0.2, -0.15) is 0 Å². The number of nitrogens with one attached hydrogen (secondary N) is 3. The molecule has 0 bridgehead atoms. The topological polar surface area (TPSA) is 73.5 Å². The molecule has 2 heterocycles. The summed E-state index contributed by atoms with van der Waals surface area (Å²) in [6.07, 6.45) is 4.08. The van der Waals surface area contributed by atoms with E-state index < -0.39 is 0 Å². The molecule has 0 unspecified atom stereocenters. The predicted octanol–water partition coefficient (Wildman–Crippen LogP) is 3.08. The zero-order chi connectivity index (χ0) is 19.6. The SMILES string of the molecule is O=C(CN1CCCC[C@H]1CNC(=O)Nc1ccccc1)NCCc1cccs1. The monoisotopic (exact) mass is 400 g/mol. The maximum absolute atomic E-state index is 12.3. The smallest absolute Gasteiger partial charge is 0.319 e. The van der Waals surface area contributed by atoms with Gasteiger partial charge < -0.3 is 16.0 Å². The normalized spacial score (nSPS) is 17.1. The Balaban J connectivity index is 1.40. The van der Waals surface area contributed by atoms with Gasteiger partial charge in [0.15, 0.2) is 0 Å². The van der Waals surface area contributed by atoms with Crippen molar-refractivity contribution in [3.05, 3.63) is 52.7 Å². The molecule has 2 aromatic rings. The van der Waals surface area contributed by atoms with E-state index in [1.54, 1.807) is 11.3 Å². The maximum atomic E-state index is 12.3. The average Bonchev–Trinajstić information content (AvgIpc) is 3.21. The largest absolute Gasteiger partial charge is 0.355 e. The van der Waals surface area contributed by atoms with E-state index in [0.717, 1.165) is 37.9 Å². The number of hydrogen-bond donors (Lipinski definition) is 3. The first-order valence-corrected chi connectivity index (χ1v) is 10.7. The summed E-state index contributed by atoms with van der Waals surface area (Å²) in [6, 6.07) is 13.5. The molecule has 0 radical (unpaired) electrons. The molecule has 28 heavy (non-hydrogen) atoms. The molecule has 1 aromatic carbocycles. The van der Waals surface area contributed by atoms with Crippen molar-refractivity contribution in [3.63, 3.8) is 0 Å². The van der Waals surface area contributed by atoms with Crippen LogP contribution >= 0.6 is 11.3 Å². The number of piperidine rings is 1. The Morgan fingerprint density at radius 3 is 2.71 bits per heavy atom. The van der Waals surface area contributed by atoms with Crippen LogP contribution in [0.25, 0.3) is 0 Å². The van der Waals surface area contributed by atoms with Crippen LogP contribution in [0.4, 0.5) is 10.5 Å². The number of anilines is 1. The van der Waals surface area contributed by atoms with Crippen molar-refractivity contribution < 1.29 is 9.59 Å². The van der Waals surface area contributed by atoms with E-state index in [0.29, 0.717) is 19.6 Å². The molecule has 1 aliphatic heterocycles. The lowest BCUT2D eigenvalue weighted by molar-refractivity contribution is -0.123. The first-order chi connectivity index (χ1) is 13.7. The number of benzene rings is 1. The second-order valence-electron chi connectivity index (χ2n) is 7.00. The van der Waals surface area contributed by atoms with E-state index in [2.05, 4.69) is 32.3 Å². The quantitative estimate of drug-likeness (QED) is 0.638. The molecule has 1 atom stereocenters. The molecule has 3 N–H and O–H groups in total. The van der Waals surface area contributed by atoms with E-state index in [4.69, 9.17) is 0 Å². The van der Waals surface area contributed by atoms with Crippen molar-refractivity contribution in [3.8, 4) is 0 Å². The minimum atomic E-state index is -0.211. The van der Waals surface area contributed by atoms with Crippen LogP contribution in [0, 0.1) is 0 Å². The Kier molecular flexibility index (Phi) is 7.87. The zero-order valence-corrected chi connectivity index (χ0v) is 16.8. The Morgan fingerprint density at radius 2 is 1.93 bits per heavy atom. The molecule has 0 aliphatic carbocycles. The van der Waals surface area contributed by atoms with Gasteiger partial charge in [0, 0.05) is 29.7 Å². The van der Waals surface area contributed by atoms with Crippen molar-refractivity contribution in [1.29, 1.82) is 0 Å². The predicted molar refractivity (Wildman–Crippen MR) is 114 cm³/mol. The number of para-hydroxylation sites is 1. The fourth-order valence-electron chi connectivity index (χ4n) is 3.43. The Morgan fingerprint density at radius 1 is 1.07 bits per heavy atom. The van der Waals surface area contributed by atoms with Crippen LogP contribution in [-0.4, -0.2) is 49.1 Å². The standard InChI is InChI=1S/C21H28N4O2S/c26-20(22-12-11-19-10-6-14-28-19)16-25-13-5-4-9-18(25)15-23-21(27)24-17-7-2-1-3-8-17/h1-3,6-8,10,14,18H,4-5,9,11-13,15-16H2,(H,22,26)(H2,23,24,27)/t18-/m0/s1. The number of hydrogen-bond acceptors (Lipinski definition) is 4. The second kappa shape index (κ2) is 10.8. The fraction of sp³-hybridized carbons (Fsp3) is 0.429. The molecule has 3 amide bonds. The van der Waals surface area contributed by atoms with Gasteiger partial charge in [-0.1, -0.05) is 30.7 Å². The highest BCUT2D eigenvalue weighted by molar-refractivity contribution is 7.09. The summed E-state index contributed by atoms with van der Waals surface area (Å²) in [7, 11) is 0. The minimum Gasteiger partial charge on any atom is -0.355 e. The van der Waals surface area contributed by atoms with Crippen LogP contribution in [-0.2, 0) is 11.2 Å².